The molecule has 0 saturated carbocycles. The van der Waals surface area contributed by atoms with Crippen molar-refractivity contribution in [3.8, 4) is 0 Å². The van der Waals surface area contributed by atoms with Crippen LogP contribution in [0.5, 0.6) is 0 Å². The summed E-state index contributed by atoms with van der Waals surface area (Å²) >= 11 is 0. The Balaban J connectivity index is 6.97. The minimum atomic E-state index is -8.51. The molecule has 0 atom stereocenters. The third-order valence-electron chi connectivity index (χ3n) is 2.99. The Labute approximate surface area is 149 Å². The van der Waals surface area contributed by atoms with Gasteiger partial charge in [-0.2, -0.15) is 83.9 Å². The van der Waals surface area contributed by atoms with Crippen LogP contribution in [0.1, 0.15) is 0 Å². The van der Waals surface area contributed by atoms with Gasteiger partial charge in [0.1, 0.15) is 0 Å². The van der Waals surface area contributed by atoms with Crippen LogP contribution < -0.4 is 0 Å². The lowest BCUT2D eigenvalue weighted by Crippen LogP contribution is -2.75. The van der Waals surface area contributed by atoms with Gasteiger partial charge in [-0.3, -0.25) is 0 Å². The number of alkyl halides is 18. The van der Waals surface area contributed by atoms with Gasteiger partial charge >= 0.3 is 54.3 Å². The van der Waals surface area contributed by atoms with Crippen molar-refractivity contribution in [1.82, 2.24) is 4.90 Å². The highest BCUT2D eigenvalue weighted by molar-refractivity contribution is 5.68. The summed E-state index contributed by atoms with van der Waals surface area (Å²) in [5.74, 6) is -33.5. The second kappa shape index (κ2) is 6.82. The van der Waals surface area contributed by atoms with Crippen LogP contribution in [-0.4, -0.2) is 59.2 Å². The number of carbonyl (C=O) groups is 1. The van der Waals surface area contributed by atoms with E-state index in [1.807, 2.05) is 0 Å². The van der Waals surface area contributed by atoms with Crippen LogP contribution in [0.4, 0.5) is 88.2 Å². The van der Waals surface area contributed by atoms with Gasteiger partial charge in [0.2, 0.25) is 0 Å². The van der Waals surface area contributed by atoms with Crippen molar-refractivity contribution in [2.75, 3.05) is 0 Å². The molecule has 180 valence electrons. The molecule has 0 spiro atoms. The van der Waals surface area contributed by atoms with Crippen molar-refractivity contribution >= 4 is 6.16 Å². The maximum Gasteiger partial charge on any atom is 0.460 e. The summed E-state index contributed by atoms with van der Waals surface area (Å²) in [7, 11) is 0. The molecule has 1 amide bonds. The molecule has 2 nitrogen and oxygen atoms in total. The van der Waals surface area contributed by atoms with Crippen LogP contribution in [0.2, 0.25) is 0 Å². The first-order chi connectivity index (χ1) is 12.6. The van der Waals surface area contributed by atoms with Gasteiger partial charge in [0.25, 0.3) is 0 Å². The van der Waals surface area contributed by atoms with E-state index >= 15 is 0 Å². The maximum absolute atomic E-state index is 13.2. The average Bonchev–Trinajstić information content (AvgIpc) is 2.42. The van der Waals surface area contributed by atoms with Crippen molar-refractivity contribution in [3.63, 3.8) is 0 Å². The molecule has 0 heterocycles. The normalized spacial score (nSPS) is 16.0. The van der Waals surface area contributed by atoms with E-state index in [1.54, 1.807) is 0 Å². The van der Waals surface area contributed by atoms with Crippen molar-refractivity contribution in [2.45, 2.75) is 48.1 Å². The molecule has 21 heteroatoms. The zero-order valence-corrected chi connectivity index (χ0v) is 12.5. The average molecular weight is 499 g/mol. The smallest absolute Gasteiger partial charge is 0.234 e. The predicted octanol–water partition coefficient (Wildman–Crippen LogP) is 6.23. The van der Waals surface area contributed by atoms with Gasteiger partial charge < -0.3 is 0 Å². The van der Waals surface area contributed by atoms with Crippen molar-refractivity contribution in [3.05, 3.63) is 0 Å². The first kappa shape index (κ1) is 28.1. The Bertz CT molecular complexity index is 606. The Morgan fingerprint density at radius 1 is 0.433 bits per heavy atom. The van der Waals surface area contributed by atoms with E-state index in [0.29, 0.717) is 0 Å². The maximum atomic E-state index is 13.2. The Morgan fingerprint density at radius 2 is 0.633 bits per heavy atom. The van der Waals surface area contributed by atoms with Gasteiger partial charge in [-0.25, -0.2) is 4.79 Å². The largest absolute Gasteiger partial charge is 0.460 e. The highest BCUT2D eigenvalue weighted by Crippen LogP contribution is 2.60. The van der Waals surface area contributed by atoms with Gasteiger partial charge in [0.15, 0.2) is 0 Å². The number of nitrogens with zero attached hydrogens (tertiary/aromatic N) is 1. The van der Waals surface area contributed by atoms with Gasteiger partial charge in [0.05, 0.1) is 0 Å². The highest BCUT2D eigenvalue weighted by atomic mass is 19.4. The number of carbonyl (C=O) groups excluding carboxylic acids is 1. The fraction of sp³-hybridized carbons (Fsp3) is 0.889. The quantitative estimate of drug-likeness (QED) is 0.241. The van der Waals surface area contributed by atoms with Crippen LogP contribution in [0, 0.1) is 0 Å². The van der Waals surface area contributed by atoms with Crippen LogP contribution in [0.25, 0.3) is 0 Å². The minimum Gasteiger partial charge on any atom is -0.234 e. The van der Waals surface area contributed by atoms with E-state index < -0.39 is 59.2 Å². The Kier molecular flexibility index (Phi) is 6.40. The second-order valence-electron chi connectivity index (χ2n) is 4.96. The standard InChI is InChI=1S/C9F19NO/c10-1(30)29(8(25,26)4(15,16)2(11,12)6(19,20)21)9(27,28)5(17,18)3(13,14)7(22,23)24. The molecule has 0 fully saturated rings. The molecule has 0 aliphatic carbocycles. The molecule has 0 N–H and O–H groups in total. The number of rotatable bonds is 6. The van der Waals surface area contributed by atoms with E-state index in [-0.39, 0.29) is 0 Å². The van der Waals surface area contributed by atoms with E-state index in [9.17, 15) is 88.2 Å². The van der Waals surface area contributed by atoms with Crippen LogP contribution in [0.15, 0.2) is 0 Å². The van der Waals surface area contributed by atoms with Crippen LogP contribution in [0.3, 0.4) is 0 Å². The van der Waals surface area contributed by atoms with E-state index in [4.69, 9.17) is 0 Å². The first-order valence-corrected chi connectivity index (χ1v) is 5.97. The molecule has 0 aromatic carbocycles. The molecule has 0 rings (SSSR count). The third kappa shape index (κ3) is 3.56. The number of halogens is 19. The van der Waals surface area contributed by atoms with Gasteiger partial charge in [-0.15, -0.1) is 4.39 Å². The molecular formula is C9F19NO. The van der Waals surface area contributed by atoms with Gasteiger partial charge in [-0.1, -0.05) is 0 Å². The molecule has 0 aliphatic heterocycles. The van der Waals surface area contributed by atoms with Crippen molar-refractivity contribution in [2.24, 2.45) is 0 Å². The first-order valence-electron chi connectivity index (χ1n) is 5.97. The van der Waals surface area contributed by atoms with Crippen LogP contribution >= 0.6 is 0 Å². The molecule has 0 bridgehead atoms. The molecule has 0 aliphatic rings. The SMILES string of the molecule is O=C(F)N(C(F)(F)C(F)(F)C(F)(F)C(F)(F)F)C(F)(F)C(F)(F)C(F)(F)C(F)(F)F. The molecule has 0 unspecified atom stereocenters. The van der Waals surface area contributed by atoms with E-state index in [2.05, 4.69) is 0 Å². The summed E-state index contributed by atoms with van der Waals surface area (Å²) in [5.41, 5.74) is 0. The molecule has 0 aromatic rings. The van der Waals surface area contributed by atoms with Crippen LogP contribution in [-0.2, 0) is 0 Å². The summed E-state index contributed by atoms with van der Waals surface area (Å²) < 4.78 is 239. The number of hydrogen-bond donors (Lipinski definition) is 0. The number of hydrogen-bond acceptors (Lipinski definition) is 1. The summed E-state index contributed by atoms with van der Waals surface area (Å²) in [5, 5.41) is 0. The molecule has 0 radical (unpaired) electrons. The fourth-order valence-corrected chi connectivity index (χ4v) is 1.41. The summed E-state index contributed by atoms with van der Waals surface area (Å²) in [6.07, 6.45) is -20.9. The molecule has 30 heavy (non-hydrogen) atoms. The molecule has 0 saturated heterocycles. The monoisotopic (exact) mass is 499 g/mol. The van der Waals surface area contributed by atoms with Gasteiger partial charge in [-0.05, 0) is 0 Å². The second-order valence-corrected chi connectivity index (χ2v) is 4.96. The Hall–Kier alpha value is -1.86. The minimum absolute atomic E-state index is 4.57. The predicted molar refractivity (Wildman–Crippen MR) is 50.1 cm³/mol. The fourth-order valence-electron chi connectivity index (χ4n) is 1.41. The summed E-state index contributed by atoms with van der Waals surface area (Å²) in [4.78, 5) is 5.49. The lowest BCUT2D eigenvalue weighted by Gasteiger charge is -2.43. The topological polar surface area (TPSA) is 20.3 Å². The van der Waals surface area contributed by atoms with E-state index in [1.165, 1.54) is 0 Å². The molecular weight excluding hydrogens is 499 g/mol. The summed E-state index contributed by atoms with van der Waals surface area (Å²) in [6.45, 7) is 0. The van der Waals surface area contributed by atoms with Gasteiger partial charge in [0, 0.05) is 0 Å². The molecule has 0 aromatic heterocycles. The zero-order valence-electron chi connectivity index (χ0n) is 12.5. The number of amides is 1. The van der Waals surface area contributed by atoms with E-state index in [0.717, 1.165) is 0 Å². The highest BCUT2D eigenvalue weighted by Gasteiger charge is 2.90. The Morgan fingerprint density at radius 3 is 0.767 bits per heavy atom. The lowest BCUT2D eigenvalue weighted by atomic mass is 10.0. The van der Waals surface area contributed by atoms with Crippen molar-refractivity contribution in [1.29, 1.82) is 0 Å². The van der Waals surface area contributed by atoms with Crippen molar-refractivity contribution < 1.29 is 88.2 Å². The summed E-state index contributed by atoms with van der Waals surface area (Å²) in [6, 6.07) is -16.9. The lowest BCUT2D eigenvalue weighted by molar-refractivity contribution is -0.462. The zero-order chi connectivity index (χ0) is 25.2. The third-order valence-corrected chi connectivity index (χ3v) is 2.99.